The zero-order chi connectivity index (χ0) is 7.56. The molecule has 0 saturated carbocycles. The van der Waals surface area contributed by atoms with Crippen LogP contribution < -0.4 is 5.73 Å². The molecular weight excluding hydrogens is 124 g/mol. The molecule has 0 aromatic rings. The Labute approximate surface area is 62.0 Å². The van der Waals surface area contributed by atoms with Gasteiger partial charge in [0.05, 0.1) is 6.17 Å². The summed E-state index contributed by atoms with van der Waals surface area (Å²) in [6.45, 7) is 2.13. The van der Waals surface area contributed by atoms with Crippen LogP contribution in [0.3, 0.4) is 0 Å². The molecule has 56 valence electrons. The predicted octanol–water partition coefficient (Wildman–Crippen LogP) is 1.07. The van der Waals surface area contributed by atoms with Gasteiger partial charge < -0.3 is 10.6 Å². The third-order valence-electron chi connectivity index (χ3n) is 1.79. The molecule has 0 radical (unpaired) electrons. The van der Waals surface area contributed by atoms with Crippen molar-refractivity contribution in [3.8, 4) is 0 Å². The van der Waals surface area contributed by atoms with Crippen LogP contribution in [0.2, 0.25) is 0 Å². The SMILES string of the molecule is CCC1=CC(N)N(C)C=C1. The van der Waals surface area contributed by atoms with Gasteiger partial charge in [0.25, 0.3) is 0 Å². The van der Waals surface area contributed by atoms with Crippen LogP contribution in [0.25, 0.3) is 0 Å². The van der Waals surface area contributed by atoms with Crippen molar-refractivity contribution in [2.24, 2.45) is 5.73 Å². The van der Waals surface area contributed by atoms with Gasteiger partial charge in [-0.25, -0.2) is 0 Å². The molecule has 0 amide bonds. The molecule has 2 heteroatoms. The molecule has 2 nitrogen and oxygen atoms in total. The Morgan fingerprint density at radius 3 is 2.90 bits per heavy atom. The van der Waals surface area contributed by atoms with Crippen LogP contribution in [0, 0.1) is 0 Å². The van der Waals surface area contributed by atoms with E-state index in [1.54, 1.807) is 0 Å². The molecular formula is C8H14N2. The maximum absolute atomic E-state index is 5.74. The predicted molar refractivity (Wildman–Crippen MR) is 43.3 cm³/mol. The molecule has 0 spiro atoms. The average Bonchev–Trinajstić information content (AvgIpc) is 1.95. The molecule has 0 fully saturated rings. The maximum Gasteiger partial charge on any atom is 0.0959 e. The van der Waals surface area contributed by atoms with E-state index in [2.05, 4.69) is 19.1 Å². The number of hydrogen-bond acceptors (Lipinski definition) is 2. The molecule has 1 atom stereocenters. The van der Waals surface area contributed by atoms with E-state index in [1.165, 1.54) is 5.57 Å². The minimum absolute atomic E-state index is 0.0694. The van der Waals surface area contributed by atoms with Crippen molar-refractivity contribution in [2.75, 3.05) is 7.05 Å². The summed E-state index contributed by atoms with van der Waals surface area (Å²) in [7, 11) is 1.98. The molecule has 1 aliphatic heterocycles. The summed E-state index contributed by atoms with van der Waals surface area (Å²) in [4.78, 5) is 1.99. The Bertz CT molecular complexity index is 170. The fourth-order valence-electron chi connectivity index (χ4n) is 0.941. The topological polar surface area (TPSA) is 29.3 Å². The maximum atomic E-state index is 5.74. The molecule has 1 heterocycles. The summed E-state index contributed by atoms with van der Waals surface area (Å²) in [6, 6.07) is 0. The summed E-state index contributed by atoms with van der Waals surface area (Å²) in [5.74, 6) is 0. The fraction of sp³-hybridized carbons (Fsp3) is 0.500. The van der Waals surface area contributed by atoms with Crippen LogP contribution in [0.4, 0.5) is 0 Å². The highest BCUT2D eigenvalue weighted by Gasteiger charge is 2.06. The molecule has 0 aliphatic carbocycles. The molecule has 0 aromatic carbocycles. The van der Waals surface area contributed by atoms with E-state index in [0.29, 0.717) is 0 Å². The second kappa shape index (κ2) is 2.88. The van der Waals surface area contributed by atoms with E-state index in [9.17, 15) is 0 Å². The number of nitrogens with zero attached hydrogens (tertiary/aromatic N) is 1. The quantitative estimate of drug-likeness (QED) is 0.587. The lowest BCUT2D eigenvalue weighted by atomic mass is 10.1. The van der Waals surface area contributed by atoms with Crippen LogP contribution in [-0.2, 0) is 0 Å². The van der Waals surface area contributed by atoms with E-state index in [-0.39, 0.29) is 6.17 Å². The zero-order valence-corrected chi connectivity index (χ0v) is 6.54. The monoisotopic (exact) mass is 138 g/mol. The van der Waals surface area contributed by atoms with Gasteiger partial charge in [-0.3, -0.25) is 0 Å². The lowest BCUT2D eigenvalue weighted by Crippen LogP contribution is -2.35. The second-order valence-corrected chi connectivity index (χ2v) is 2.57. The van der Waals surface area contributed by atoms with Crippen molar-refractivity contribution in [1.29, 1.82) is 0 Å². The van der Waals surface area contributed by atoms with E-state index in [1.807, 2.05) is 18.1 Å². The van der Waals surface area contributed by atoms with Crippen LogP contribution in [0.5, 0.6) is 0 Å². The number of nitrogens with two attached hydrogens (primary N) is 1. The first-order valence-corrected chi connectivity index (χ1v) is 3.60. The number of allylic oxidation sites excluding steroid dienone is 2. The Morgan fingerprint density at radius 2 is 2.40 bits per heavy atom. The van der Waals surface area contributed by atoms with E-state index < -0.39 is 0 Å². The highest BCUT2D eigenvalue weighted by molar-refractivity contribution is 5.23. The van der Waals surface area contributed by atoms with Gasteiger partial charge in [-0.1, -0.05) is 6.92 Å². The Kier molecular flexibility index (Phi) is 2.12. The van der Waals surface area contributed by atoms with Gasteiger partial charge in [0.2, 0.25) is 0 Å². The number of likely N-dealkylation sites (N-methyl/N-ethyl adjacent to an activating group) is 1. The summed E-state index contributed by atoms with van der Waals surface area (Å²) >= 11 is 0. The van der Waals surface area contributed by atoms with Crippen molar-refractivity contribution in [2.45, 2.75) is 19.5 Å². The van der Waals surface area contributed by atoms with Gasteiger partial charge in [-0.05, 0) is 24.1 Å². The minimum atomic E-state index is 0.0694. The lowest BCUT2D eigenvalue weighted by molar-refractivity contribution is 0.386. The van der Waals surface area contributed by atoms with E-state index >= 15 is 0 Å². The Morgan fingerprint density at radius 1 is 1.70 bits per heavy atom. The van der Waals surface area contributed by atoms with Crippen LogP contribution >= 0.6 is 0 Å². The zero-order valence-electron chi connectivity index (χ0n) is 6.54. The Hall–Kier alpha value is -0.760. The standard InChI is InChI=1S/C8H14N2/c1-3-7-4-5-10(2)8(9)6-7/h4-6,8H,3,9H2,1-2H3. The van der Waals surface area contributed by atoms with Gasteiger partial charge in [0.15, 0.2) is 0 Å². The van der Waals surface area contributed by atoms with E-state index in [4.69, 9.17) is 5.73 Å². The molecule has 1 unspecified atom stereocenters. The summed E-state index contributed by atoms with van der Waals surface area (Å²) < 4.78 is 0. The van der Waals surface area contributed by atoms with Gasteiger partial charge in [-0.15, -0.1) is 0 Å². The van der Waals surface area contributed by atoms with Crippen molar-refractivity contribution in [1.82, 2.24) is 4.90 Å². The van der Waals surface area contributed by atoms with Crippen LogP contribution in [-0.4, -0.2) is 18.1 Å². The van der Waals surface area contributed by atoms with Crippen molar-refractivity contribution in [3.63, 3.8) is 0 Å². The van der Waals surface area contributed by atoms with Crippen molar-refractivity contribution in [3.05, 3.63) is 23.9 Å². The number of hydrogen-bond donors (Lipinski definition) is 1. The molecule has 10 heavy (non-hydrogen) atoms. The smallest absolute Gasteiger partial charge is 0.0959 e. The highest BCUT2D eigenvalue weighted by atomic mass is 15.2. The third-order valence-corrected chi connectivity index (χ3v) is 1.79. The normalized spacial score (nSPS) is 24.9. The summed E-state index contributed by atoms with van der Waals surface area (Å²) in [5.41, 5.74) is 7.07. The van der Waals surface area contributed by atoms with Gasteiger partial charge in [0.1, 0.15) is 0 Å². The summed E-state index contributed by atoms with van der Waals surface area (Å²) in [6.07, 6.45) is 7.34. The van der Waals surface area contributed by atoms with Crippen LogP contribution in [0.15, 0.2) is 23.9 Å². The second-order valence-electron chi connectivity index (χ2n) is 2.57. The van der Waals surface area contributed by atoms with E-state index in [0.717, 1.165) is 6.42 Å². The fourth-order valence-corrected chi connectivity index (χ4v) is 0.941. The largest absolute Gasteiger partial charge is 0.362 e. The lowest BCUT2D eigenvalue weighted by Gasteiger charge is -2.24. The van der Waals surface area contributed by atoms with Gasteiger partial charge in [0, 0.05) is 13.2 Å². The molecule has 1 rings (SSSR count). The first-order chi connectivity index (χ1) is 4.74. The minimum Gasteiger partial charge on any atom is -0.362 e. The molecule has 0 bridgehead atoms. The molecule has 1 aliphatic rings. The Balaban J connectivity index is 2.66. The van der Waals surface area contributed by atoms with Crippen LogP contribution in [0.1, 0.15) is 13.3 Å². The first kappa shape index (κ1) is 7.35. The highest BCUT2D eigenvalue weighted by Crippen LogP contribution is 2.10. The molecule has 0 aromatic heterocycles. The number of rotatable bonds is 1. The van der Waals surface area contributed by atoms with Gasteiger partial charge >= 0.3 is 0 Å². The molecule has 2 N–H and O–H groups in total. The van der Waals surface area contributed by atoms with Crippen molar-refractivity contribution >= 4 is 0 Å². The average molecular weight is 138 g/mol. The summed E-state index contributed by atoms with van der Waals surface area (Å²) in [5, 5.41) is 0. The van der Waals surface area contributed by atoms with Gasteiger partial charge in [-0.2, -0.15) is 0 Å². The van der Waals surface area contributed by atoms with Crippen molar-refractivity contribution < 1.29 is 0 Å². The third kappa shape index (κ3) is 1.39. The molecule has 0 saturated heterocycles. The first-order valence-electron chi connectivity index (χ1n) is 3.60.